The van der Waals surface area contributed by atoms with E-state index in [0.29, 0.717) is 12.1 Å². The lowest BCUT2D eigenvalue weighted by Crippen LogP contribution is -2.32. The van der Waals surface area contributed by atoms with Crippen LogP contribution in [0.4, 0.5) is 0 Å². The van der Waals surface area contributed by atoms with Crippen LogP contribution in [0.15, 0.2) is 22.7 Å². The molecule has 1 saturated carbocycles. The Kier molecular flexibility index (Phi) is 4.40. The van der Waals surface area contributed by atoms with E-state index in [-0.39, 0.29) is 17.9 Å². The van der Waals surface area contributed by atoms with Gasteiger partial charge in [0.15, 0.2) is 0 Å². The maximum Gasteiger partial charge on any atom is 0.252 e. The van der Waals surface area contributed by atoms with Gasteiger partial charge in [-0.3, -0.25) is 4.79 Å². The zero-order valence-corrected chi connectivity index (χ0v) is 12.0. The first-order valence-electron chi connectivity index (χ1n) is 6.30. The quantitative estimate of drug-likeness (QED) is 0.901. The van der Waals surface area contributed by atoms with Crippen LogP contribution in [0.1, 0.15) is 35.2 Å². The molecule has 0 radical (unpaired) electrons. The topological polar surface area (TPSA) is 49.3 Å². The predicted molar refractivity (Wildman–Crippen MR) is 74.6 cm³/mol. The van der Waals surface area contributed by atoms with Gasteiger partial charge < -0.3 is 10.4 Å². The van der Waals surface area contributed by atoms with Crippen molar-refractivity contribution in [2.45, 2.75) is 32.3 Å². The summed E-state index contributed by atoms with van der Waals surface area (Å²) in [6, 6.07) is 5.71. The second-order valence-electron chi connectivity index (χ2n) is 4.95. The lowest BCUT2D eigenvalue weighted by Gasteiger charge is -2.15. The van der Waals surface area contributed by atoms with Crippen LogP contribution in [0.5, 0.6) is 0 Å². The minimum Gasteiger partial charge on any atom is -0.393 e. The second-order valence-corrected chi connectivity index (χ2v) is 5.81. The van der Waals surface area contributed by atoms with Crippen molar-refractivity contribution < 1.29 is 9.90 Å². The van der Waals surface area contributed by atoms with E-state index in [9.17, 15) is 9.90 Å². The molecule has 4 heteroatoms. The Bertz CT molecular complexity index is 447. The first-order valence-corrected chi connectivity index (χ1v) is 7.09. The molecule has 0 saturated heterocycles. The van der Waals surface area contributed by atoms with Crippen LogP contribution in [0.2, 0.25) is 0 Å². The summed E-state index contributed by atoms with van der Waals surface area (Å²) < 4.78 is 0.803. The van der Waals surface area contributed by atoms with E-state index in [2.05, 4.69) is 21.2 Å². The standard InChI is InChI=1S/C14H18BrNO2/c1-9-5-6-12(15)11(7-9)14(18)16-8-10-3-2-4-13(10)17/h5-7,10,13,17H,2-4,8H2,1H3,(H,16,18). The van der Waals surface area contributed by atoms with Gasteiger partial charge in [0.2, 0.25) is 0 Å². The van der Waals surface area contributed by atoms with Gasteiger partial charge in [-0.25, -0.2) is 0 Å². The maximum atomic E-state index is 12.1. The van der Waals surface area contributed by atoms with Gasteiger partial charge in [-0.15, -0.1) is 0 Å². The number of hydrogen-bond donors (Lipinski definition) is 2. The van der Waals surface area contributed by atoms with Crippen molar-refractivity contribution in [3.8, 4) is 0 Å². The molecule has 1 amide bonds. The molecule has 2 atom stereocenters. The molecule has 2 N–H and O–H groups in total. The molecule has 3 nitrogen and oxygen atoms in total. The number of benzene rings is 1. The third-order valence-corrected chi connectivity index (χ3v) is 4.20. The number of nitrogens with one attached hydrogen (secondary N) is 1. The molecular weight excluding hydrogens is 294 g/mol. The van der Waals surface area contributed by atoms with Gasteiger partial charge in [-0.05, 0) is 47.8 Å². The molecule has 1 aliphatic carbocycles. The fraction of sp³-hybridized carbons (Fsp3) is 0.500. The van der Waals surface area contributed by atoms with E-state index < -0.39 is 0 Å². The predicted octanol–water partition coefficient (Wildman–Crippen LogP) is 2.65. The highest BCUT2D eigenvalue weighted by atomic mass is 79.9. The Morgan fingerprint density at radius 1 is 1.50 bits per heavy atom. The molecule has 0 aliphatic heterocycles. The molecule has 0 spiro atoms. The Morgan fingerprint density at radius 2 is 2.28 bits per heavy atom. The maximum absolute atomic E-state index is 12.1. The Labute approximate surface area is 116 Å². The molecule has 1 aromatic carbocycles. The first-order chi connectivity index (χ1) is 8.58. The number of rotatable bonds is 3. The van der Waals surface area contributed by atoms with E-state index in [1.54, 1.807) is 0 Å². The fourth-order valence-electron chi connectivity index (χ4n) is 2.39. The zero-order chi connectivity index (χ0) is 13.1. The van der Waals surface area contributed by atoms with Gasteiger partial charge in [0.25, 0.3) is 5.91 Å². The number of halogens is 1. The van der Waals surface area contributed by atoms with Crippen LogP contribution >= 0.6 is 15.9 Å². The molecule has 98 valence electrons. The summed E-state index contributed by atoms with van der Waals surface area (Å²) in [5.74, 6) is 0.127. The van der Waals surface area contributed by atoms with Crippen LogP contribution in [0.3, 0.4) is 0 Å². The number of hydrogen-bond acceptors (Lipinski definition) is 2. The summed E-state index contributed by atoms with van der Waals surface area (Å²) in [6.45, 7) is 2.52. The largest absolute Gasteiger partial charge is 0.393 e. The van der Waals surface area contributed by atoms with Gasteiger partial charge in [-0.2, -0.15) is 0 Å². The average Bonchev–Trinajstić information content (AvgIpc) is 2.75. The molecule has 18 heavy (non-hydrogen) atoms. The lowest BCUT2D eigenvalue weighted by atomic mass is 10.1. The molecule has 1 fully saturated rings. The van der Waals surface area contributed by atoms with Crippen LogP contribution < -0.4 is 5.32 Å². The van der Waals surface area contributed by atoms with Crippen molar-refractivity contribution in [3.05, 3.63) is 33.8 Å². The van der Waals surface area contributed by atoms with E-state index in [0.717, 1.165) is 29.3 Å². The number of aliphatic hydroxyl groups excluding tert-OH is 1. The molecule has 2 rings (SSSR count). The molecule has 2 unspecified atom stereocenters. The summed E-state index contributed by atoms with van der Waals surface area (Å²) in [5.41, 5.74) is 1.71. The number of carbonyl (C=O) groups is 1. The molecule has 1 aromatic rings. The smallest absolute Gasteiger partial charge is 0.252 e. The number of aryl methyl sites for hydroxylation is 1. The molecule has 0 aromatic heterocycles. The summed E-state index contributed by atoms with van der Waals surface area (Å²) in [5, 5.41) is 12.6. The number of amides is 1. The van der Waals surface area contributed by atoms with E-state index >= 15 is 0 Å². The normalized spacial score (nSPS) is 23.1. The van der Waals surface area contributed by atoms with Crippen LogP contribution in [-0.2, 0) is 0 Å². The minimum atomic E-state index is -0.258. The van der Waals surface area contributed by atoms with Crippen molar-refractivity contribution in [3.63, 3.8) is 0 Å². The first kappa shape index (κ1) is 13.6. The van der Waals surface area contributed by atoms with Gasteiger partial charge >= 0.3 is 0 Å². The molecular formula is C14H18BrNO2. The summed E-state index contributed by atoms with van der Waals surface area (Å²) in [7, 11) is 0. The third-order valence-electron chi connectivity index (χ3n) is 3.51. The molecule has 0 bridgehead atoms. The summed E-state index contributed by atoms with van der Waals surface area (Å²) in [4.78, 5) is 12.1. The van der Waals surface area contributed by atoms with Gasteiger partial charge in [0, 0.05) is 16.9 Å². The highest BCUT2D eigenvalue weighted by molar-refractivity contribution is 9.10. The van der Waals surface area contributed by atoms with E-state index in [1.165, 1.54) is 0 Å². The van der Waals surface area contributed by atoms with E-state index in [4.69, 9.17) is 0 Å². The monoisotopic (exact) mass is 311 g/mol. The average molecular weight is 312 g/mol. The van der Waals surface area contributed by atoms with Crippen LogP contribution in [-0.4, -0.2) is 23.7 Å². The highest BCUT2D eigenvalue weighted by Gasteiger charge is 2.25. The zero-order valence-electron chi connectivity index (χ0n) is 10.4. The van der Waals surface area contributed by atoms with Crippen molar-refractivity contribution in [1.82, 2.24) is 5.32 Å². The Balaban J connectivity index is 1.97. The molecule has 1 aliphatic rings. The van der Waals surface area contributed by atoms with Crippen LogP contribution in [0, 0.1) is 12.8 Å². The van der Waals surface area contributed by atoms with E-state index in [1.807, 2.05) is 25.1 Å². The van der Waals surface area contributed by atoms with Gasteiger partial charge in [0.05, 0.1) is 11.7 Å². The van der Waals surface area contributed by atoms with Gasteiger partial charge in [0.1, 0.15) is 0 Å². The minimum absolute atomic E-state index is 0.0790. The SMILES string of the molecule is Cc1ccc(Br)c(C(=O)NCC2CCCC2O)c1. The number of carbonyl (C=O) groups excluding carboxylic acids is 1. The molecule has 0 heterocycles. The third kappa shape index (κ3) is 3.12. The van der Waals surface area contributed by atoms with Crippen molar-refractivity contribution in [1.29, 1.82) is 0 Å². The van der Waals surface area contributed by atoms with Crippen LogP contribution in [0.25, 0.3) is 0 Å². The second kappa shape index (κ2) is 5.85. The van der Waals surface area contributed by atoms with Crippen molar-refractivity contribution in [2.75, 3.05) is 6.54 Å². The lowest BCUT2D eigenvalue weighted by molar-refractivity contribution is 0.0916. The Hall–Kier alpha value is -0.870. The summed E-state index contributed by atoms with van der Waals surface area (Å²) in [6.07, 6.45) is 2.65. The fourth-order valence-corrected chi connectivity index (χ4v) is 2.81. The van der Waals surface area contributed by atoms with Crippen molar-refractivity contribution >= 4 is 21.8 Å². The highest BCUT2D eigenvalue weighted by Crippen LogP contribution is 2.25. The number of aliphatic hydroxyl groups is 1. The summed E-state index contributed by atoms with van der Waals surface area (Å²) >= 11 is 3.39. The van der Waals surface area contributed by atoms with Gasteiger partial charge in [-0.1, -0.05) is 18.1 Å². The van der Waals surface area contributed by atoms with Crippen molar-refractivity contribution in [2.24, 2.45) is 5.92 Å². The Morgan fingerprint density at radius 3 is 2.94 bits per heavy atom.